The first-order valence-electron chi connectivity index (χ1n) is 11.8. The van der Waals surface area contributed by atoms with Crippen molar-refractivity contribution in [1.82, 2.24) is 30.6 Å². The molecule has 2 fully saturated rings. The number of carbonyl (C=O) groups is 2. The average Bonchev–Trinajstić information content (AvgIpc) is 3.54. The topological polar surface area (TPSA) is 125 Å². The summed E-state index contributed by atoms with van der Waals surface area (Å²) in [7, 11) is 1.67. The van der Waals surface area contributed by atoms with Gasteiger partial charge in [0.2, 0.25) is 5.95 Å². The maximum absolute atomic E-state index is 11.8. The van der Waals surface area contributed by atoms with Gasteiger partial charge in [-0.3, -0.25) is 14.9 Å². The Balaban J connectivity index is 1.14. The number of nitrogens with one attached hydrogen (secondary N) is 3. The number of ether oxygens (including phenoxy) is 1. The van der Waals surface area contributed by atoms with Crippen LogP contribution in [0.5, 0.6) is 5.75 Å². The monoisotopic (exact) mass is 505 g/mol. The number of nitrogens with zero attached hydrogens (tertiary/aromatic N) is 4. The first-order chi connectivity index (χ1) is 17.6. The van der Waals surface area contributed by atoms with Crippen molar-refractivity contribution >= 4 is 34.9 Å². The third-order valence-electron chi connectivity index (χ3n) is 6.23. The number of rotatable bonds is 8. The van der Waals surface area contributed by atoms with Crippen molar-refractivity contribution in [3.8, 4) is 17.1 Å². The molecule has 0 unspecified atom stereocenters. The zero-order chi connectivity index (χ0) is 24.9. The fourth-order valence-corrected chi connectivity index (χ4v) is 4.99. The number of carbonyl (C=O) groups excluding carboxylic acids is 2. The van der Waals surface area contributed by atoms with Crippen LogP contribution in [0.15, 0.2) is 47.6 Å². The van der Waals surface area contributed by atoms with E-state index in [4.69, 9.17) is 9.72 Å². The summed E-state index contributed by atoms with van der Waals surface area (Å²) in [6, 6.07) is 9.61. The average molecular weight is 506 g/mol. The number of piperidine rings is 1. The van der Waals surface area contributed by atoms with E-state index >= 15 is 0 Å². The van der Waals surface area contributed by atoms with Gasteiger partial charge in [-0.15, -0.1) is 0 Å². The minimum absolute atomic E-state index is 0.346. The number of hydrogen-bond donors (Lipinski definition) is 3. The van der Waals surface area contributed by atoms with Gasteiger partial charge in [-0.05, 0) is 73.5 Å². The van der Waals surface area contributed by atoms with Crippen molar-refractivity contribution in [2.45, 2.75) is 19.4 Å². The molecule has 11 heteroatoms. The Morgan fingerprint density at radius 1 is 1.19 bits per heavy atom. The zero-order valence-electron chi connectivity index (χ0n) is 19.9. The number of amides is 2. The fraction of sp³-hybridized carbons (Fsp3) is 0.320. The van der Waals surface area contributed by atoms with Gasteiger partial charge in [0.15, 0.2) is 0 Å². The van der Waals surface area contributed by atoms with Crippen molar-refractivity contribution in [2.75, 3.05) is 31.6 Å². The number of pyridine rings is 1. The van der Waals surface area contributed by atoms with Gasteiger partial charge in [0, 0.05) is 32.0 Å². The Morgan fingerprint density at radius 2 is 2.06 bits per heavy atom. The second-order valence-electron chi connectivity index (χ2n) is 8.62. The molecule has 186 valence electrons. The first kappa shape index (κ1) is 24.0. The Labute approximate surface area is 213 Å². The van der Waals surface area contributed by atoms with Crippen LogP contribution in [-0.2, 0) is 11.3 Å². The second kappa shape index (κ2) is 10.9. The summed E-state index contributed by atoms with van der Waals surface area (Å²) in [4.78, 5) is 42.7. The van der Waals surface area contributed by atoms with Crippen LogP contribution in [0, 0.1) is 5.92 Å². The van der Waals surface area contributed by atoms with Crippen molar-refractivity contribution < 1.29 is 14.3 Å². The first-order valence-corrected chi connectivity index (χ1v) is 12.6. The van der Waals surface area contributed by atoms with Crippen LogP contribution in [0.2, 0.25) is 0 Å². The Bertz CT molecular complexity index is 1270. The number of aromatic nitrogens is 4. The lowest BCUT2D eigenvalue weighted by Crippen LogP contribution is -2.38. The van der Waals surface area contributed by atoms with Crippen LogP contribution in [0.1, 0.15) is 24.2 Å². The van der Waals surface area contributed by atoms with E-state index in [1.165, 1.54) is 0 Å². The highest BCUT2D eigenvalue weighted by Gasteiger charge is 2.26. The van der Waals surface area contributed by atoms with E-state index in [-0.39, 0.29) is 11.1 Å². The molecule has 2 aliphatic heterocycles. The summed E-state index contributed by atoms with van der Waals surface area (Å²) in [5.41, 5.74) is 3.37. The second-order valence-corrected chi connectivity index (χ2v) is 9.64. The maximum Gasteiger partial charge on any atom is 0.290 e. The lowest BCUT2D eigenvalue weighted by atomic mass is 9.97. The number of imide groups is 1. The highest BCUT2D eigenvalue weighted by Crippen LogP contribution is 2.26. The molecule has 3 N–H and O–H groups in total. The predicted molar refractivity (Wildman–Crippen MR) is 138 cm³/mol. The summed E-state index contributed by atoms with van der Waals surface area (Å²) < 4.78 is 5.51. The summed E-state index contributed by atoms with van der Waals surface area (Å²) in [6.45, 7) is 3.22. The van der Waals surface area contributed by atoms with Crippen LogP contribution in [0.25, 0.3) is 17.5 Å². The van der Waals surface area contributed by atoms with E-state index in [0.717, 1.165) is 67.1 Å². The minimum Gasteiger partial charge on any atom is -0.495 e. The summed E-state index contributed by atoms with van der Waals surface area (Å²) >= 11 is 0.885. The molecule has 0 bridgehead atoms. The van der Waals surface area contributed by atoms with E-state index in [0.29, 0.717) is 29.0 Å². The van der Waals surface area contributed by atoms with Gasteiger partial charge in [-0.1, -0.05) is 0 Å². The third kappa shape index (κ3) is 5.58. The molecule has 0 saturated carbocycles. The number of thioether (sulfide) groups is 1. The van der Waals surface area contributed by atoms with Gasteiger partial charge in [-0.25, -0.2) is 15.0 Å². The molecule has 2 saturated heterocycles. The van der Waals surface area contributed by atoms with E-state index in [1.807, 2.05) is 30.5 Å². The molecule has 3 aromatic rings. The van der Waals surface area contributed by atoms with Gasteiger partial charge in [0.05, 0.1) is 34.8 Å². The van der Waals surface area contributed by atoms with Crippen LogP contribution in [-0.4, -0.2) is 57.8 Å². The normalized spacial score (nSPS) is 17.6. The van der Waals surface area contributed by atoms with Gasteiger partial charge in [-0.2, -0.15) is 0 Å². The Hall–Kier alpha value is -3.70. The van der Waals surface area contributed by atoms with E-state index in [2.05, 4.69) is 30.5 Å². The van der Waals surface area contributed by atoms with E-state index in [1.54, 1.807) is 25.4 Å². The van der Waals surface area contributed by atoms with Crippen LogP contribution in [0.4, 0.5) is 10.7 Å². The molecule has 0 atom stereocenters. The van der Waals surface area contributed by atoms with Crippen molar-refractivity contribution in [3.63, 3.8) is 0 Å². The highest BCUT2D eigenvalue weighted by molar-refractivity contribution is 8.18. The number of anilines is 1. The fourth-order valence-electron chi connectivity index (χ4n) is 4.32. The molecule has 10 nitrogen and oxygen atoms in total. The van der Waals surface area contributed by atoms with Gasteiger partial charge in [0.25, 0.3) is 11.1 Å². The largest absolute Gasteiger partial charge is 0.495 e. The van der Waals surface area contributed by atoms with Crippen molar-refractivity contribution in [3.05, 3.63) is 59.0 Å². The van der Waals surface area contributed by atoms with E-state index < -0.39 is 0 Å². The molecule has 0 spiro atoms. The molecule has 0 aliphatic carbocycles. The Kier molecular flexibility index (Phi) is 7.28. The van der Waals surface area contributed by atoms with Crippen molar-refractivity contribution in [2.24, 2.45) is 5.92 Å². The van der Waals surface area contributed by atoms with Crippen LogP contribution in [0.3, 0.4) is 0 Å². The lowest BCUT2D eigenvalue weighted by molar-refractivity contribution is -0.115. The molecule has 5 rings (SSSR count). The highest BCUT2D eigenvalue weighted by atomic mass is 32.2. The summed E-state index contributed by atoms with van der Waals surface area (Å²) in [5.74, 6) is 1.56. The molecule has 0 radical (unpaired) electrons. The van der Waals surface area contributed by atoms with Crippen LogP contribution < -0.4 is 20.3 Å². The molecule has 36 heavy (non-hydrogen) atoms. The number of H-pyrrole nitrogens is 1. The van der Waals surface area contributed by atoms with Gasteiger partial charge in [0.1, 0.15) is 5.75 Å². The number of hydrogen-bond acceptors (Lipinski definition) is 9. The molecule has 2 aliphatic rings. The molecule has 3 aromatic heterocycles. The maximum atomic E-state index is 11.8. The van der Waals surface area contributed by atoms with Crippen LogP contribution >= 0.6 is 11.8 Å². The molecule has 5 heterocycles. The predicted octanol–water partition coefficient (Wildman–Crippen LogP) is 3.21. The van der Waals surface area contributed by atoms with Gasteiger partial charge >= 0.3 is 0 Å². The number of aromatic amines is 1. The SMILES string of the molecule is COc1ccc(-c2ccc[nH]2)nc1CNCC1CCN(c2nccc(/C=C3\SC(=O)NC3=O)n2)CC1. The lowest BCUT2D eigenvalue weighted by Gasteiger charge is -2.32. The summed E-state index contributed by atoms with van der Waals surface area (Å²) in [5, 5.41) is 5.45. The molecular weight excluding hydrogens is 478 g/mol. The van der Waals surface area contributed by atoms with E-state index in [9.17, 15) is 9.59 Å². The standard InChI is InChI=1S/C25H27N7O3S/c1-35-21-5-4-19(18-3-2-9-27-18)30-20(21)15-26-14-16-7-11-32(12-8-16)24-28-10-6-17(29-24)13-22-23(33)31-25(34)36-22/h2-6,9-10,13,16,26-27H,7-8,11-12,14-15H2,1H3,(H,31,33,34)/b22-13-. The molecule has 2 amide bonds. The minimum atomic E-state index is -0.387. The smallest absolute Gasteiger partial charge is 0.290 e. The molecular formula is C25H27N7O3S. The van der Waals surface area contributed by atoms with Crippen molar-refractivity contribution in [1.29, 1.82) is 0 Å². The quantitative estimate of drug-likeness (QED) is 0.396. The summed E-state index contributed by atoms with van der Waals surface area (Å²) in [6.07, 6.45) is 7.23. The third-order valence-corrected chi connectivity index (χ3v) is 7.05. The molecule has 0 aromatic carbocycles. The van der Waals surface area contributed by atoms with Gasteiger partial charge < -0.3 is 19.9 Å². The number of methoxy groups -OCH3 is 1. The zero-order valence-corrected chi connectivity index (χ0v) is 20.7. The Morgan fingerprint density at radius 3 is 2.78 bits per heavy atom.